The molecule has 1 aliphatic rings. The van der Waals surface area contributed by atoms with Gasteiger partial charge < -0.3 is 18.9 Å². The number of hydrogen-bond donors (Lipinski definition) is 0. The van der Waals surface area contributed by atoms with Crippen LogP contribution in [0.25, 0.3) is 0 Å². The largest absolute Gasteiger partial charge is 0.490 e. The minimum Gasteiger partial charge on any atom is -0.490 e. The van der Waals surface area contributed by atoms with Crippen LogP contribution in [-0.2, 0) is 11.8 Å². The first-order valence-corrected chi connectivity index (χ1v) is 7.52. The van der Waals surface area contributed by atoms with Crippen molar-refractivity contribution in [3.8, 4) is 5.75 Å². The van der Waals surface area contributed by atoms with E-state index in [0.29, 0.717) is 24.6 Å². The lowest BCUT2D eigenvalue weighted by molar-refractivity contribution is 0.0652. The van der Waals surface area contributed by atoms with Crippen LogP contribution in [-0.4, -0.2) is 57.7 Å². The van der Waals surface area contributed by atoms with Crippen LogP contribution in [0.2, 0.25) is 0 Å². The summed E-state index contributed by atoms with van der Waals surface area (Å²) in [7, 11) is 3.51. The Labute approximate surface area is 134 Å². The number of aromatic nitrogens is 3. The Balaban J connectivity index is 1.70. The number of likely N-dealkylation sites (tertiary alicyclic amines) is 1. The Morgan fingerprint density at radius 3 is 3.00 bits per heavy atom. The van der Waals surface area contributed by atoms with Gasteiger partial charge in [-0.25, -0.2) is 4.98 Å². The molecule has 3 heterocycles. The van der Waals surface area contributed by atoms with E-state index in [1.807, 2.05) is 19.2 Å². The molecule has 23 heavy (non-hydrogen) atoms. The average molecular weight is 316 g/mol. The lowest BCUT2D eigenvalue weighted by Gasteiger charge is -2.23. The van der Waals surface area contributed by atoms with Gasteiger partial charge in [-0.05, 0) is 18.6 Å². The van der Waals surface area contributed by atoms with Crippen molar-refractivity contribution in [2.45, 2.75) is 18.6 Å². The Bertz CT molecular complexity index is 658. The first-order chi connectivity index (χ1) is 11.2. The summed E-state index contributed by atoms with van der Waals surface area (Å²) in [6.45, 7) is 0.955. The van der Waals surface area contributed by atoms with Gasteiger partial charge in [-0.15, -0.1) is 0 Å². The normalized spacial score (nSPS) is 20.7. The van der Waals surface area contributed by atoms with E-state index in [0.717, 1.165) is 6.42 Å². The second kappa shape index (κ2) is 6.78. The molecule has 7 nitrogen and oxygen atoms in total. The summed E-state index contributed by atoms with van der Waals surface area (Å²) in [4.78, 5) is 22.6. The van der Waals surface area contributed by atoms with E-state index in [4.69, 9.17) is 9.47 Å². The zero-order valence-electron chi connectivity index (χ0n) is 13.3. The Hall–Kier alpha value is -2.41. The van der Waals surface area contributed by atoms with E-state index in [-0.39, 0.29) is 18.1 Å². The quantitative estimate of drug-likeness (QED) is 0.827. The molecule has 0 radical (unpaired) electrons. The molecule has 0 aliphatic carbocycles. The minimum atomic E-state index is -0.0927. The maximum atomic E-state index is 12.7. The standard InChI is InChI=1S/C16H20N4O3/c1-19-9-15(18-11-19)16(21)20-8-14(22-2)6-12(20)10-23-13-4-3-5-17-7-13/h3-5,7,9,11-12,14H,6,8,10H2,1-2H3/t12-,14+/m0/s1. The van der Waals surface area contributed by atoms with E-state index in [2.05, 4.69) is 9.97 Å². The molecule has 2 atom stereocenters. The molecule has 0 bridgehead atoms. The maximum absolute atomic E-state index is 12.7. The second-order valence-electron chi connectivity index (χ2n) is 5.63. The van der Waals surface area contributed by atoms with Crippen molar-refractivity contribution in [3.05, 3.63) is 42.7 Å². The second-order valence-corrected chi connectivity index (χ2v) is 5.63. The molecule has 0 N–H and O–H groups in total. The molecular weight excluding hydrogens is 296 g/mol. The fourth-order valence-corrected chi connectivity index (χ4v) is 2.75. The molecule has 1 saturated heterocycles. The van der Waals surface area contributed by atoms with E-state index in [1.165, 1.54) is 0 Å². The van der Waals surface area contributed by atoms with Gasteiger partial charge in [0.15, 0.2) is 0 Å². The topological polar surface area (TPSA) is 69.5 Å². The Kier molecular flexibility index (Phi) is 4.57. The summed E-state index contributed by atoms with van der Waals surface area (Å²) >= 11 is 0. The lowest BCUT2D eigenvalue weighted by Crippen LogP contribution is -2.39. The highest BCUT2D eigenvalue weighted by Gasteiger charge is 2.36. The fourth-order valence-electron chi connectivity index (χ4n) is 2.75. The third-order valence-electron chi connectivity index (χ3n) is 3.97. The zero-order chi connectivity index (χ0) is 16.2. The number of aryl methyl sites for hydroxylation is 1. The number of carbonyl (C=O) groups is 1. The number of pyridine rings is 1. The highest BCUT2D eigenvalue weighted by molar-refractivity contribution is 5.92. The number of carbonyl (C=O) groups excluding carboxylic acids is 1. The number of rotatable bonds is 5. The van der Waals surface area contributed by atoms with Gasteiger partial charge in [0.2, 0.25) is 0 Å². The molecular formula is C16H20N4O3. The lowest BCUT2D eigenvalue weighted by atomic mass is 10.2. The number of amides is 1. The SMILES string of the molecule is CO[C@@H]1C[C@@H](COc2cccnc2)N(C(=O)c2cn(C)cn2)C1. The van der Waals surface area contributed by atoms with Crippen molar-refractivity contribution in [1.82, 2.24) is 19.4 Å². The zero-order valence-corrected chi connectivity index (χ0v) is 13.3. The summed E-state index contributed by atoms with van der Waals surface area (Å²) in [5.41, 5.74) is 0.440. The van der Waals surface area contributed by atoms with Crippen LogP contribution in [0.4, 0.5) is 0 Å². The van der Waals surface area contributed by atoms with Crippen LogP contribution in [0.3, 0.4) is 0 Å². The van der Waals surface area contributed by atoms with E-state index < -0.39 is 0 Å². The first-order valence-electron chi connectivity index (χ1n) is 7.52. The van der Waals surface area contributed by atoms with Crippen LogP contribution in [0.1, 0.15) is 16.9 Å². The van der Waals surface area contributed by atoms with Crippen molar-refractivity contribution in [1.29, 1.82) is 0 Å². The maximum Gasteiger partial charge on any atom is 0.274 e. The van der Waals surface area contributed by atoms with Gasteiger partial charge >= 0.3 is 0 Å². The number of nitrogens with zero attached hydrogens (tertiary/aromatic N) is 4. The van der Waals surface area contributed by atoms with E-state index in [9.17, 15) is 4.79 Å². The van der Waals surface area contributed by atoms with Gasteiger partial charge in [0.25, 0.3) is 5.91 Å². The molecule has 2 aromatic rings. The molecule has 1 fully saturated rings. The van der Waals surface area contributed by atoms with E-state index >= 15 is 0 Å². The Morgan fingerprint density at radius 2 is 2.35 bits per heavy atom. The van der Waals surface area contributed by atoms with E-state index in [1.54, 1.807) is 41.5 Å². The van der Waals surface area contributed by atoms with Crippen molar-refractivity contribution >= 4 is 5.91 Å². The molecule has 122 valence electrons. The summed E-state index contributed by atoms with van der Waals surface area (Å²) < 4.78 is 13.0. The summed E-state index contributed by atoms with van der Waals surface area (Å²) in [6, 6.07) is 3.62. The molecule has 0 spiro atoms. The van der Waals surface area contributed by atoms with Crippen LogP contribution in [0.5, 0.6) is 5.75 Å². The first kappa shape index (κ1) is 15.5. The summed E-state index contributed by atoms with van der Waals surface area (Å²) in [5.74, 6) is 0.600. The van der Waals surface area contributed by atoms with Crippen LogP contribution in [0, 0.1) is 0 Å². The summed E-state index contributed by atoms with van der Waals surface area (Å²) in [6.07, 6.45) is 7.47. The number of methoxy groups -OCH3 is 1. The van der Waals surface area contributed by atoms with Crippen molar-refractivity contribution < 1.29 is 14.3 Å². The third kappa shape index (κ3) is 3.50. The Morgan fingerprint density at radius 1 is 1.48 bits per heavy atom. The molecule has 7 heteroatoms. The van der Waals surface area contributed by atoms with Gasteiger partial charge in [0.1, 0.15) is 18.1 Å². The summed E-state index contributed by atoms with van der Waals surface area (Å²) in [5, 5.41) is 0. The highest BCUT2D eigenvalue weighted by atomic mass is 16.5. The predicted octanol–water partition coefficient (Wildman–Crippen LogP) is 1.12. The van der Waals surface area contributed by atoms with Crippen LogP contribution >= 0.6 is 0 Å². The molecule has 1 aliphatic heterocycles. The number of hydrogen-bond acceptors (Lipinski definition) is 5. The van der Waals surface area contributed by atoms with Crippen molar-refractivity contribution in [2.24, 2.45) is 7.05 Å². The van der Waals surface area contributed by atoms with Crippen molar-refractivity contribution in [2.75, 3.05) is 20.3 Å². The van der Waals surface area contributed by atoms with Gasteiger partial charge in [-0.1, -0.05) is 0 Å². The van der Waals surface area contributed by atoms with Gasteiger partial charge in [0.05, 0.1) is 24.7 Å². The van der Waals surface area contributed by atoms with Crippen LogP contribution < -0.4 is 4.74 Å². The minimum absolute atomic E-state index is 0.0187. The highest BCUT2D eigenvalue weighted by Crippen LogP contribution is 2.23. The smallest absolute Gasteiger partial charge is 0.274 e. The number of imidazole rings is 1. The average Bonchev–Trinajstić information content (AvgIpc) is 3.19. The molecule has 1 amide bonds. The van der Waals surface area contributed by atoms with Gasteiger partial charge in [-0.2, -0.15) is 0 Å². The molecule has 2 aromatic heterocycles. The van der Waals surface area contributed by atoms with Crippen LogP contribution in [0.15, 0.2) is 37.1 Å². The molecule has 0 saturated carbocycles. The van der Waals surface area contributed by atoms with Crippen molar-refractivity contribution in [3.63, 3.8) is 0 Å². The van der Waals surface area contributed by atoms with Gasteiger partial charge in [-0.3, -0.25) is 9.78 Å². The molecule has 0 unspecified atom stereocenters. The van der Waals surface area contributed by atoms with Gasteiger partial charge in [0, 0.05) is 33.1 Å². The third-order valence-corrected chi connectivity index (χ3v) is 3.97. The predicted molar refractivity (Wildman–Crippen MR) is 83.2 cm³/mol. The number of ether oxygens (including phenoxy) is 2. The monoisotopic (exact) mass is 316 g/mol. The fraction of sp³-hybridized carbons (Fsp3) is 0.438. The molecule has 0 aromatic carbocycles. The molecule has 3 rings (SSSR count).